The van der Waals surface area contributed by atoms with Crippen LogP contribution in [0, 0.1) is 0 Å². The number of nitrogens with one attached hydrogen (secondary N) is 3. The minimum Gasteiger partial charge on any atom is -0.478 e. The summed E-state index contributed by atoms with van der Waals surface area (Å²) >= 11 is 12.7. The van der Waals surface area contributed by atoms with Crippen LogP contribution in [-0.2, 0) is 4.79 Å². The molecule has 1 atom stereocenters. The van der Waals surface area contributed by atoms with Gasteiger partial charge >= 0.3 is 5.97 Å². The zero-order valence-corrected chi connectivity index (χ0v) is 21.9. The van der Waals surface area contributed by atoms with E-state index in [9.17, 15) is 19.5 Å². The monoisotopic (exact) mass is 541 g/mol. The number of carboxylic acids is 1. The number of thiocarbonyl (C=S) groups is 1. The molecule has 3 aromatic carbocycles. The Morgan fingerprint density at radius 1 is 0.944 bits per heavy atom. The van der Waals surface area contributed by atoms with Crippen LogP contribution in [0.5, 0.6) is 0 Å². The van der Waals surface area contributed by atoms with E-state index in [1.54, 1.807) is 30.3 Å². The first-order valence-corrected chi connectivity index (χ1v) is 12.6. The van der Waals surface area contributed by atoms with Crippen LogP contribution in [0.1, 0.15) is 41.0 Å². The average molecular weight is 542 g/mol. The average Bonchev–Trinajstić information content (AvgIpc) is 2.84. The molecule has 1 amide bonds. The fourth-order valence-electron chi connectivity index (χ4n) is 3.21. The molecule has 0 aliphatic carbocycles. The van der Waals surface area contributed by atoms with Crippen LogP contribution in [0.4, 0.5) is 17.1 Å². The number of hydrogen-bond donors (Lipinski definition) is 4. The zero-order valence-electron chi connectivity index (χ0n) is 19.5. The van der Waals surface area contributed by atoms with Gasteiger partial charge in [-0.3, -0.25) is 9.59 Å². The number of anilines is 3. The molecule has 0 fully saturated rings. The molecule has 0 saturated heterocycles. The van der Waals surface area contributed by atoms with Gasteiger partial charge in [-0.05, 0) is 86.2 Å². The molecule has 0 radical (unpaired) electrons. The van der Waals surface area contributed by atoms with Crippen LogP contribution in [0.25, 0.3) is 0 Å². The highest BCUT2D eigenvalue weighted by molar-refractivity contribution is 8.00. The number of thioether (sulfide) groups is 1. The van der Waals surface area contributed by atoms with Crippen molar-refractivity contribution >= 4 is 75.4 Å². The van der Waals surface area contributed by atoms with Gasteiger partial charge in [-0.1, -0.05) is 24.6 Å². The van der Waals surface area contributed by atoms with Gasteiger partial charge in [-0.15, -0.1) is 11.8 Å². The second-order valence-corrected chi connectivity index (χ2v) is 9.84. The number of ketones is 1. The molecular weight excluding hydrogens is 518 g/mol. The number of benzene rings is 3. The summed E-state index contributed by atoms with van der Waals surface area (Å²) in [5, 5.41) is 18.3. The number of halogens is 1. The summed E-state index contributed by atoms with van der Waals surface area (Å²) < 4.78 is 0. The Labute approximate surface area is 223 Å². The van der Waals surface area contributed by atoms with E-state index < -0.39 is 11.2 Å². The highest BCUT2D eigenvalue weighted by atomic mass is 35.5. The number of carbonyl (C=O) groups is 3. The Morgan fingerprint density at radius 3 is 2.22 bits per heavy atom. The minimum absolute atomic E-state index is 0.00573. The highest BCUT2D eigenvalue weighted by Gasteiger charge is 2.19. The van der Waals surface area contributed by atoms with Crippen molar-refractivity contribution in [2.45, 2.75) is 30.4 Å². The molecular formula is C26H24ClN3O4S2. The molecule has 36 heavy (non-hydrogen) atoms. The van der Waals surface area contributed by atoms with Crippen molar-refractivity contribution in [3.8, 4) is 0 Å². The maximum atomic E-state index is 12.9. The van der Waals surface area contributed by atoms with Gasteiger partial charge in [0.1, 0.15) is 0 Å². The largest absolute Gasteiger partial charge is 0.478 e. The molecule has 7 nitrogen and oxygen atoms in total. The van der Waals surface area contributed by atoms with Crippen molar-refractivity contribution in [2.75, 3.05) is 16.0 Å². The second kappa shape index (κ2) is 12.5. The van der Waals surface area contributed by atoms with E-state index in [0.717, 1.165) is 16.3 Å². The van der Waals surface area contributed by atoms with E-state index in [0.29, 0.717) is 22.8 Å². The maximum absolute atomic E-state index is 12.9. The summed E-state index contributed by atoms with van der Waals surface area (Å²) in [7, 11) is 0. The molecule has 4 N–H and O–H groups in total. The first-order chi connectivity index (χ1) is 17.2. The molecule has 0 heterocycles. The van der Waals surface area contributed by atoms with Crippen molar-refractivity contribution in [3.05, 3.63) is 82.9 Å². The van der Waals surface area contributed by atoms with Gasteiger partial charge in [0.2, 0.25) is 5.91 Å². The quantitative estimate of drug-likeness (QED) is 0.137. The van der Waals surface area contributed by atoms with Crippen molar-refractivity contribution < 1.29 is 19.5 Å². The topological polar surface area (TPSA) is 108 Å². The number of rotatable bonds is 9. The lowest BCUT2D eigenvalue weighted by atomic mass is 10.1. The Morgan fingerprint density at radius 2 is 1.58 bits per heavy atom. The molecule has 0 spiro atoms. The van der Waals surface area contributed by atoms with Gasteiger partial charge in [0.15, 0.2) is 10.9 Å². The molecule has 3 rings (SSSR count). The number of aromatic carboxylic acids is 1. The molecule has 0 aliphatic rings. The van der Waals surface area contributed by atoms with Gasteiger partial charge in [-0.25, -0.2) is 4.79 Å². The van der Waals surface area contributed by atoms with E-state index in [1.165, 1.54) is 30.8 Å². The van der Waals surface area contributed by atoms with Crippen LogP contribution in [-0.4, -0.2) is 33.1 Å². The van der Waals surface area contributed by atoms with Gasteiger partial charge in [0.25, 0.3) is 0 Å². The summed E-state index contributed by atoms with van der Waals surface area (Å²) in [4.78, 5) is 36.5. The molecule has 186 valence electrons. The summed E-state index contributed by atoms with van der Waals surface area (Å²) in [5.41, 5.74) is 2.41. The molecule has 3 aromatic rings. The number of amides is 1. The Hall–Kier alpha value is -3.40. The molecule has 1 unspecified atom stereocenters. The van der Waals surface area contributed by atoms with Crippen LogP contribution < -0.4 is 16.0 Å². The third-order valence-electron chi connectivity index (χ3n) is 5.05. The van der Waals surface area contributed by atoms with E-state index in [1.807, 2.05) is 31.2 Å². The van der Waals surface area contributed by atoms with E-state index in [-0.39, 0.29) is 22.3 Å². The Kier molecular flexibility index (Phi) is 9.46. The number of carbonyl (C=O) groups excluding carboxylic acids is 2. The first-order valence-electron chi connectivity index (χ1n) is 11.0. The summed E-state index contributed by atoms with van der Waals surface area (Å²) in [6.45, 7) is 3.42. The standard InChI is InChI=1S/C26H24ClN3O4S2/c1-3-23(24(32)28-19-11-12-22(27)21(14-19)25(33)34)36-20-6-4-5-18(13-20)30-26(35)29-17-9-7-16(8-10-17)15(2)31/h4-14,23H,3H2,1-2H3,(H,28,32)(H,33,34)(H2,29,30,35). The molecule has 0 saturated carbocycles. The zero-order chi connectivity index (χ0) is 26.2. The molecule has 0 aromatic heterocycles. The van der Waals surface area contributed by atoms with Gasteiger partial charge in [-0.2, -0.15) is 0 Å². The molecule has 0 bridgehead atoms. The van der Waals surface area contributed by atoms with E-state index in [2.05, 4.69) is 16.0 Å². The summed E-state index contributed by atoms with van der Waals surface area (Å²) in [5.74, 6) is -1.41. The number of carboxylic acid groups (broad SMARTS) is 1. The molecule has 0 aliphatic heterocycles. The summed E-state index contributed by atoms with van der Waals surface area (Å²) in [6, 6.07) is 18.9. The van der Waals surface area contributed by atoms with Gasteiger partial charge < -0.3 is 21.1 Å². The lowest BCUT2D eigenvalue weighted by Gasteiger charge is -2.16. The van der Waals surface area contributed by atoms with E-state index in [4.69, 9.17) is 23.8 Å². The highest BCUT2D eigenvalue weighted by Crippen LogP contribution is 2.29. The Bertz CT molecular complexity index is 1300. The third kappa shape index (κ3) is 7.55. The molecule has 10 heteroatoms. The summed E-state index contributed by atoms with van der Waals surface area (Å²) in [6.07, 6.45) is 0.559. The van der Waals surface area contributed by atoms with Crippen LogP contribution in [0.3, 0.4) is 0 Å². The van der Waals surface area contributed by atoms with Crippen molar-refractivity contribution in [1.29, 1.82) is 0 Å². The van der Waals surface area contributed by atoms with Crippen LogP contribution in [0.2, 0.25) is 5.02 Å². The predicted octanol–water partition coefficient (Wildman–Crippen LogP) is 6.56. The normalized spacial score (nSPS) is 11.3. The first kappa shape index (κ1) is 27.2. The fraction of sp³-hybridized carbons (Fsp3) is 0.154. The maximum Gasteiger partial charge on any atom is 0.337 e. The lowest BCUT2D eigenvalue weighted by Crippen LogP contribution is -2.24. The van der Waals surface area contributed by atoms with Gasteiger partial charge in [0.05, 0.1) is 15.8 Å². The van der Waals surface area contributed by atoms with Crippen LogP contribution >= 0.6 is 35.6 Å². The SMILES string of the molecule is CCC(Sc1cccc(NC(=S)Nc2ccc(C(C)=O)cc2)c1)C(=O)Nc1ccc(Cl)c(C(=O)O)c1. The van der Waals surface area contributed by atoms with Crippen molar-refractivity contribution in [1.82, 2.24) is 0 Å². The van der Waals surface area contributed by atoms with Crippen molar-refractivity contribution in [2.24, 2.45) is 0 Å². The lowest BCUT2D eigenvalue weighted by molar-refractivity contribution is -0.115. The Balaban J connectivity index is 1.62. The minimum atomic E-state index is -1.16. The fourth-order valence-corrected chi connectivity index (χ4v) is 4.65. The smallest absolute Gasteiger partial charge is 0.337 e. The number of Topliss-reactive ketones (excluding diaryl/α,β-unsaturated/α-hetero) is 1. The van der Waals surface area contributed by atoms with Gasteiger partial charge in [0, 0.05) is 27.5 Å². The predicted molar refractivity (Wildman–Crippen MR) is 150 cm³/mol. The number of hydrogen-bond acceptors (Lipinski definition) is 5. The third-order valence-corrected chi connectivity index (χ3v) is 6.94. The second-order valence-electron chi connectivity index (χ2n) is 7.74. The van der Waals surface area contributed by atoms with Crippen LogP contribution in [0.15, 0.2) is 71.6 Å². The van der Waals surface area contributed by atoms with E-state index >= 15 is 0 Å². The van der Waals surface area contributed by atoms with Crippen molar-refractivity contribution in [3.63, 3.8) is 0 Å².